The Hall–Kier alpha value is -2.03. The van der Waals surface area contributed by atoms with Gasteiger partial charge in [0, 0.05) is 18.0 Å². The van der Waals surface area contributed by atoms with Gasteiger partial charge in [-0.3, -0.25) is 14.5 Å². The molecule has 0 saturated heterocycles. The molecular weight excluding hydrogens is 348 g/mol. The number of sulfonamides is 1. The molecular formula is C16H16N2O4S2. The summed E-state index contributed by atoms with van der Waals surface area (Å²) >= 11 is 1.57. The highest BCUT2D eigenvalue weighted by molar-refractivity contribution is 7.89. The van der Waals surface area contributed by atoms with Crippen molar-refractivity contribution in [3.63, 3.8) is 0 Å². The zero-order chi connectivity index (χ0) is 17.2. The van der Waals surface area contributed by atoms with Crippen molar-refractivity contribution in [1.29, 1.82) is 0 Å². The summed E-state index contributed by atoms with van der Waals surface area (Å²) in [5.74, 6) is -1.18. The zero-order valence-corrected chi connectivity index (χ0v) is 14.4. The van der Waals surface area contributed by atoms with Crippen molar-refractivity contribution >= 4 is 33.2 Å². The van der Waals surface area contributed by atoms with E-state index in [0.717, 1.165) is 9.78 Å². The van der Waals surface area contributed by atoms with Crippen LogP contribution in [0.5, 0.6) is 0 Å². The van der Waals surface area contributed by atoms with Gasteiger partial charge in [-0.05, 0) is 30.0 Å². The van der Waals surface area contributed by atoms with Gasteiger partial charge in [0.1, 0.15) is 0 Å². The lowest BCUT2D eigenvalue weighted by Gasteiger charge is -2.14. The number of thiophene rings is 1. The normalized spacial score (nSPS) is 14.2. The summed E-state index contributed by atoms with van der Waals surface area (Å²) < 4.78 is 26.6. The molecule has 0 bridgehead atoms. The number of amides is 2. The molecule has 0 radical (unpaired) electrons. The number of imide groups is 1. The summed E-state index contributed by atoms with van der Waals surface area (Å²) in [5.41, 5.74) is 0.649. The summed E-state index contributed by atoms with van der Waals surface area (Å²) in [6.45, 7) is 0.144. The number of carbonyl (C=O) groups is 2. The van der Waals surface area contributed by atoms with Gasteiger partial charge in [0.15, 0.2) is 0 Å². The fourth-order valence-electron chi connectivity index (χ4n) is 2.51. The number of benzene rings is 1. The van der Waals surface area contributed by atoms with Gasteiger partial charge < -0.3 is 0 Å². The van der Waals surface area contributed by atoms with Crippen LogP contribution in [-0.4, -0.2) is 44.0 Å². The van der Waals surface area contributed by atoms with Crippen LogP contribution in [0.3, 0.4) is 0 Å². The zero-order valence-electron chi connectivity index (χ0n) is 12.8. The average molecular weight is 364 g/mol. The van der Waals surface area contributed by atoms with Gasteiger partial charge in [0.2, 0.25) is 10.0 Å². The molecule has 0 atom stereocenters. The fourth-order valence-corrected chi connectivity index (χ4v) is 4.20. The minimum absolute atomic E-state index is 0.152. The Balaban J connectivity index is 1.55. The number of fused-ring (bicyclic) bond motifs is 1. The highest BCUT2D eigenvalue weighted by Gasteiger charge is 2.35. The Morgan fingerprint density at radius 2 is 1.67 bits per heavy atom. The van der Waals surface area contributed by atoms with Crippen LogP contribution in [0.4, 0.5) is 0 Å². The molecule has 0 fully saturated rings. The monoisotopic (exact) mass is 364 g/mol. The minimum atomic E-state index is -3.55. The lowest BCUT2D eigenvalue weighted by molar-refractivity contribution is 0.0664. The Morgan fingerprint density at radius 3 is 2.25 bits per heavy atom. The van der Waals surface area contributed by atoms with E-state index in [0.29, 0.717) is 24.1 Å². The highest BCUT2D eigenvalue weighted by Crippen LogP contribution is 2.22. The van der Waals surface area contributed by atoms with Gasteiger partial charge in [-0.25, -0.2) is 13.1 Å². The third-order valence-corrected chi connectivity index (χ3v) is 6.04. The van der Waals surface area contributed by atoms with Crippen molar-refractivity contribution in [2.24, 2.45) is 0 Å². The lowest BCUT2D eigenvalue weighted by Crippen LogP contribution is -2.38. The molecule has 2 heterocycles. The minimum Gasteiger partial charge on any atom is -0.273 e. The van der Waals surface area contributed by atoms with Gasteiger partial charge >= 0.3 is 0 Å². The van der Waals surface area contributed by atoms with E-state index in [9.17, 15) is 18.0 Å². The highest BCUT2D eigenvalue weighted by atomic mass is 32.2. The predicted molar refractivity (Wildman–Crippen MR) is 91.6 cm³/mol. The first-order valence-corrected chi connectivity index (χ1v) is 9.96. The molecule has 3 rings (SSSR count). The number of nitrogens with one attached hydrogen (secondary N) is 1. The van der Waals surface area contributed by atoms with Gasteiger partial charge in [0.25, 0.3) is 11.8 Å². The molecule has 0 saturated carbocycles. The molecule has 2 amide bonds. The molecule has 6 nitrogen and oxygen atoms in total. The quantitative estimate of drug-likeness (QED) is 0.755. The molecule has 2 aromatic rings. The third kappa shape index (κ3) is 3.55. The van der Waals surface area contributed by atoms with Crippen molar-refractivity contribution in [2.45, 2.75) is 6.42 Å². The second-order valence-electron chi connectivity index (χ2n) is 5.35. The molecule has 0 spiro atoms. The van der Waals surface area contributed by atoms with Crippen LogP contribution in [0.15, 0.2) is 41.8 Å². The maximum atomic E-state index is 12.2. The molecule has 0 aliphatic carbocycles. The van der Waals surface area contributed by atoms with Crippen LogP contribution in [0.1, 0.15) is 25.6 Å². The summed E-state index contributed by atoms with van der Waals surface area (Å²) in [4.78, 5) is 26.5. The number of nitrogens with zero attached hydrogens (tertiary/aromatic N) is 1. The molecule has 1 N–H and O–H groups in total. The summed E-state index contributed by atoms with van der Waals surface area (Å²) in [6, 6.07) is 10.4. The van der Waals surface area contributed by atoms with E-state index < -0.39 is 21.8 Å². The Kier molecular flexibility index (Phi) is 4.79. The Morgan fingerprint density at radius 1 is 1.00 bits per heavy atom. The van der Waals surface area contributed by atoms with Crippen molar-refractivity contribution in [3.05, 3.63) is 57.8 Å². The average Bonchev–Trinajstić information content (AvgIpc) is 3.15. The first-order chi connectivity index (χ1) is 11.5. The Bertz CT molecular complexity index is 825. The molecule has 1 aromatic heterocycles. The van der Waals surface area contributed by atoms with Crippen molar-refractivity contribution in [1.82, 2.24) is 9.62 Å². The topological polar surface area (TPSA) is 83.6 Å². The molecule has 0 unspecified atom stereocenters. The summed E-state index contributed by atoms with van der Waals surface area (Å²) in [6.07, 6.45) is 0.615. The largest absolute Gasteiger partial charge is 0.273 e. The molecule has 1 aliphatic rings. The molecule has 24 heavy (non-hydrogen) atoms. The van der Waals surface area contributed by atoms with Crippen molar-refractivity contribution < 1.29 is 18.0 Å². The van der Waals surface area contributed by atoms with E-state index in [4.69, 9.17) is 0 Å². The maximum Gasteiger partial charge on any atom is 0.261 e. The van der Waals surface area contributed by atoms with E-state index in [-0.39, 0.29) is 12.3 Å². The molecule has 8 heteroatoms. The second kappa shape index (κ2) is 6.84. The number of hydrogen-bond donors (Lipinski definition) is 1. The van der Waals surface area contributed by atoms with Gasteiger partial charge in [-0.2, -0.15) is 0 Å². The van der Waals surface area contributed by atoms with Crippen LogP contribution in [-0.2, 0) is 16.4 Å². The van der Waals surface area contributed by atoms with Gasteiger partial charge in [-0.1, -0.05) is 18.2 Å². The van der Waals surface area contributed by atoms with Crippen LogP contribution in [0.2, 0.25) is 0 Å². The Labute approximate surface area is 144 Å². The van der Waals surface area contributed by atoms with Crippen molar-refractivity contribution in [3.8, 4) is 0 Å². The van der Waals surface area contributed by atoms with Crippen LogP contribution < -0.4 is 4.72 Å². The first-order valence-electron chi connectivity index (χ1n) is 7.43. The standard InChI is InChI=1S/C16H16N2O4S2/c19-15-13-5-1-2-6-14(13)16(20)18(15)9-11-24(21,22)17-8-7-12-4-3-10-23-12/h1-6,10,17H,7-9,11H2. The van der Waals surface area contributed by atoms with E-state index in [1.165, 1.54) is 0 Å². The predicted octanol–water partition coefficient (Wildman–Crippen LogP) is 1.51. The molecule has 1 aromatic carbocycles. The number of carbonyl (C=O) groups excluding carboxylic acids is 2. The molecule has 126 valence electrons. The van der Waals surface area contributed by atoms with E-state index in [2.05, 4.69) is 4.72 Å². The van der Waals surface area contributed by atoms with Gasteiger partial charge in [-0.15, -0.1) is 11.3 Å². The van der Waals surface area contributed by atoms with Gasteiger partial charge in [0.05, 0.1) is 16.9 Å². The summed E-state index contributed by atoms with van der Waals surface area (Å²) in [5, 5.41) is 1.94. The smallest absolute Gasteiger partial charge is 0.261 e. The summed E-state index contributed by atoms with van der Waals surface area (Å²) in [7, 11) is -3.55. The van der Waals surface area contributed by atoms with Crippen LogP contribution in [0.25, 0.3) is 0 Å². The second-order valence-corrected chi connectivity index (χ2v) is 8.31. The number of hydrogen-bond acceptors (Lipinski definition) is 5. The van der Waals surface area contributed by atoms with Crippen molar-refractivity contribution in [2.75, 3.05) is 18.8 Å². The number of rotatable bonds is 7. The lowest BCUT2D eigenvalue weighted by atomic mass is 10.1. The third-order valence-electron chi connectivity index (χ3n) is 3.74. The SMILES string of the molecule is O=C1c2ccccc2C(=O)N1CCS(=O)(=O)NCCc1cccs1. The van der Waals surface area contributed by atoms with E-state index in [1.54, 1.807) is 35.6 Å². The molecule has 1 aliphatic heterocycles. The van der Waals surface area contributed by atoms with Crippen LogP contribution >= 0.6 is 11.3 Å². The first kappa shape index (κ1) is 16.8. The van der Waals surface area contributed by atoms with Crippen LogP contribution in [0, 0.1) is 0 Å². The van der Waals surface area contributed by atoms with E-state index >= 15 is 0 Å². The fraction of sp³-hybridized carbons (Fsp3) is 0.250. The maximum absolute atomic E-state index is 12.2. The van der Waals surface area contributed by atoms with E-state index in [1.807, 2.05) is 17.5 Å².